The molecule has 0 aromatic carbocycles. The number of likely N-dealkylation sites (tertiary alicyclic amines) is 1. The van der Waals surface area contributed by atoms with Crippen molar-refractivity contribution in [3.63, 3.8) is 0 Å². The van der Waals surface area contributed by atoms with E-state index >= 15 is 0 Å². The number of nitrogens with two attached hydrogens (primary N) is 1. The molecule has 0 saturated carbocycles. The van der Waals surface area contributed by atoms with Gasteiger partial charge in [-0.1, -0.05) is 13.8 Å². The number of amides is 3. The molecule has 1 aliphatic heterocycles. The van der Waals surface area contributed by atoms with Gasteiger partial charge in [-0.3, -0.25) is 14.4 Å². The minimum Gasteiger partial charge on any atom is -0.480 e. The van der Waals surface area contributed by atoms with Gasteiger partial charge in [0.1, 0.15) is 12.1 Å². The number of hydrogen-bond acceptors (Lipinski definition) is 6. The Kier molecular flexibility index (Phi) is 7.78. The van der Waals surface area contributed by atoms with E-state index in [1.807, 2.05) is 0 Å². The summed E-state index contributed by atoms with van der Waals surface area (Å²) < 4.78 is 0. The van der Waals surface area contributed by atoms with Crippen molar-refractivity contribution in [2.24, 2.45) is 11.7 Å². The maximum absolute atomic E-state index is 12.3. The number of aliphatic hydroxyl groups excluding tert-OH is 1. The molecule has 10 heteroatoms. The second-order valence-corrected chi connectivity index (χ2v) is 6.31. The van der Waals surface area contributed by atoms with Gasteiger partial charge in [-0.25, -0.2) is 4.79 Å². The van der Waals surface area contributed by atoms with Crippen molar-refractivity contribution >= 4 is 23.7 Å². The van der Waals surface area contributed by atoms with Crippen LogP contribution in [0.25, 0.3) is 0 Å². The van der Waals surface area contributed by atoms with E-state index in [0.717, 1.165) is 0 Å². The zero-order chi connectivity index (χ0) is 19.1. The molecule has 3 unspecified atom stereocenters. The third kappa shape index (κ3) is 5.68. The fraction of sp³-hybridized carbons (Fsp3) is 0.733. The molecule has 1 saturated heterocycles. The van der Waals surface area contributed by atoms with Crippen molar-refractivity contribution in [3.05, 3.63) is 0 Å². The highest BCUT2D eigenvalue weighted by Gasteiger charge is 2.35. The van der Waals surface area contributed by atoms with E-state index in [1.54, 1.807) is 13.8 Å². The molecule has 6 N–H and O–H groups in total. The Bertz CT molecular complexity index is 524. The number of hydrogen-bond donors (Lipinski definition) is 5. The summed E-state index contributed by atoms with van der Waals surface area (Å²) in [6, 6.07) is -2.98. The number of nitrogens with zero attached hydrogens (tertiary/aromatic N) is 1. The van der Waals surface area contributed by atoms with Crippen LogP contribution in [0.3, 0.4) is 0 Å². The second kappa shape index (κ2) is 9.33. The minimum absolute atomic E-state index is 0.0770. The van der Waals surface area contributed by atoms with E-state index in [0.29, 0.717) is 19.4 Å². The Balaban J connectivity index is 2.61. The van der Waals surface area contributed by atoms with Gasteiger partial charge in [0, 0.05) is 6.54 Å². The number of carbonyl (C=O) groups excluding carboxylic acids is 3. The normalized spacial score (nSPS) is 19.4. The molecule has 0 aliphatic carbocycles. The van der Waals surface area contributed by atoms with Crippen molar-refractivity contribution in [2.45, 2.75) is 44.8 Å². The molecule has 0 aromatic rings. The highest BCUT2D eigenvalue weighted by Crippen LogP contribution is 2.17. The summed E-state index contributed by atoms with van der Waals surface area (Å²) in [6.45, 7) is 2.87. The molecular formula is C15H26N4O6. The molecule has 1 heterocycles. The standard InChI is InChI=1S/C15H26N4O6/c1-8(2)12(16)14(23)17-6-11(21)19-5-3-4-10(19)13(22)18-9(7-20)15(24)25/h8-10,12,20H,3-7,16H2,1-2H3,(H,17,23)(H,18,22)(H,24,25). The van der Waals surface area contributed by atoms with Crippen molar-refractivity contribution in [1.29, 1.82) is 0 Å². The molecule has 1 rings (SSSR count). The summed E-state index contributed by atoms with van der Waals surface area (Å²) in [5.41, 5.74) is 5.69. The summed E-state index contributed by atoms with van der Waals surface area (Å²) in [4.78, 5) is 48.4. The summed E-state index contributed by atoms with van der Waals surface area (Å²) in [5, 5.41) is 22.5. The van der Waals surface area contributed by atoms with Gasteiger partial charge < -0.3 is 31.5 Å². The lowest BCUT2D eigenvalue weighted by atomic mass is 10.1. The molecule has 0 aromatic heterocycles. The molecule has 3 amide bonds. The molecule has 3 atom stereocenters. The molecule has 1 fully saturated rings. The Hall–Kier alpha value is -2.20. The van der Waals surface area contributed by atoms with Gasteiger partial charge in [0.05, 0.1) is 19.2 Å². The number of carboxylic acid groups (broad SMARTS) is 1. The van der Waals surface area contributed by atoms with E-state index in [4.69, 9.17) is 15.9 Å². The summed E-state index contributed by atoms with van der Waals surface area (Å²) in [6.07, 6.45) is 0.967. The lowest BCUT2D eigenvalue weighted by Gasteiger charge is -2.25. The summed E-state index contributed by atoms with van der Waals surface area (Å²) in [7, 11) is 0. The summed E-state index contributed by atoms with van der Waals surface area (Å²) >= 11 is 0. The monoisotopic (exact) mass is 358 g/mol. The van der Waals surface area contributed by atoms with Crippen molar-refractivity contribution in [1.82, 2.24) is 15.5 Å². The predicted octanol–water partition coefficient (Wildman–Crippen LogP) is -2.36. The lowest BCUT2D eigenvalue weighted by Crippen LogP contribution is -2.54. The zero-order valence-corrected chi connectivity index (χ0v) is 14.4. The number of aliphatic hydroxyl groups is 1. The Morgan fingerprint density at radius 3 is 2.44 bits per heavy atom. The van der Waals surface area contributed by atoms with E-state index in [1.165, 1.54) is 4.90 Å². The third-order valence-electron chi connectivity index (χ3n) is 4.11. The fourth-order valence-electron chi connectivity index (χ4n) is 2.48. The van der Waals surface area contributed by atoms with Crippen LogP contribution in [0.5, 0.6) is 0 Å². The topological polar surface area (TPSA) is 162 Å². The molecule has 10 nitrogen and oxygen atoms in total. The van der Waals surface area contributed by atoms with Crippen LogP contribution in [-0.2, 0) is 19.2 Å². The summed E-state index contributed by atoms with van der Waals surface area (Å²) in [5.74, 6) is -2.97. The maximum atomic E-state index is 12.3. The molecule has 1 aliphatic rings. The quantitative estimate of drug-likeness (QED) is 0.324. The van der Waals surface area contributed by atoms with E-state index in [9.17, 15) is 19.2 Å². The van der Waals surface area contributed by atoms with Crippen LogP contribution >= 0.6 is 0 Å². The molecule has 25 heavy (non-hydrogen) atoms. The van der Waals surface area contributed by atoms with E-state index in [2.05, 4.69) is 10.6 Å². The first-order valence-electron chi connectivity index (χ1n) is 8.15. The van der Waals surface area contributed by atoms with E-state index < -0.39 is 48.4 Å². The third-order valence-corrected chi connectivity index (χ3v) is 4.11. The molecule has 142 valence electrons. The van der Waals surface area contributed by atoms with Gasteiger partial charge in [-0.05, 0) is 18.8 Å². The zero-order valence-electron chi connectivity index (χ0n) is 14.4. The van der Waals surface area contributed by atoms with Crippen LogP contribution in [0.4, 0.5) is 0 Å². The largest absolute Gasteiger partial charge is 0.480 e. The molecular weight excluding hydrogens is 332 g/mol. The SMILES string of the molecule is CC(C)C(N)C(=O)NCC(=O)N1CCCC1C(=O)NC(CO)C(=O)O. The number of rotatable bonds is 8. The van der Waals surface area contributed by atoms with Gasteiger partial charge in [-0.2, -0.15) is 0 Å². The van der Waals surface area contributed by atoms with Crippen LogP contribution in [-0.4, -0.2) is 76.6 Å². The Labute approximate surface area is 145 Å². The average molecular weight is 358 g/mol. The highest BCUT2D eigenvalue weighted by molar-refractivity contribution is 5.93. The average Bonchev–Trinajstić information content (AvgIpc) is 3.05. The first-order chi connectivity index (χ1) is 11.7. The van der Waals surface area contributed by atoms with Crippen LogP contribution < -0.4 is 16.4 Å². The van der Waals surface area contributed by atoms with Crippen LogP contribution in [0.15, 0.2) is 0 Å². The van der Waals surface area contributed by atoms with Gasteiger partial charge in [0.2, 0.25) is 17.7 Å². The predicted molar refractivity (Wildman–Crippen MR) is 87.2 cm³/mol. The number of nitrogens with one attached hydrogen (secondary N) is 2. The number of carbonyl (C=O) groups is 4. The van der Waals surface area contributed by atoms with Crippen molar-refractivity contribution < 1.29 is 29.4 Å². The Morgan fingerprint density at radius 1 is 1.28 bits per heavy atom. The van der Waals surface area contributed by atoms with Gasteiger partial charge in [0.15, 0.2) is 0 Å². The smallest absolute Gasteiger partial charge is 0.328 e. The maximum Gasteiger partial charge on any atom is 0.328 e. The van der Waals surface area contributed by atoms with Gasteiger partial charge >= 0.3 is 5.97 Å². The van der Waals surface area contributed by atoms with Gasteiger partial charge in [0.25, 0.3) is 0 Å². The van der Waals surface area contributed by atoms with Crippen LogP contribution in [0, 0.1) is 5.92 Å². The molecule has 0 spiro atoms. The molecule has 0 radical (unpaired) electrons. The first kappa shape index (κ1) is 20.8. The molecule has 0 bridgehead atoms. The lowest BCUT2D eigenvalue weighted by molar-refractivity contribution is -0.145. The second-order valence-electron chi connectivity index (χ2n) is 6.31. The van der Waals surface area contributed by atoms with Crippen LogP contribution in [0.1, 0.15) is 26.7 Å². The first-order valence-corrected chi connectivity index (χ1v) is 8.15. The van der Waals surface area contributed by atoms with E-state index in [-0.39, 0.29) is 12.5 Å². The minimum atomic E-state index is -1.42. The van der Waals surface area contributed by atoms with Gasteiger partial charge in [-0.15, -0.1) is 0 Å². The number of carboxylic acids is 1. The number of aliphatic carboxylic acids is 1. The Morgan fingerprint density at radius 2 is 1.92 bits per heavy atom. The highest BCUT2D eigenvalue weighted by atomic mass is 16.4. The van der Waals surface area contributed by atoms with Crippen LogP contribution in [0.2, 0.25) is 0 Å². The van der Waals surface area contributed by atoms with Crippen molar-refractivity contribution in [3.8, 4) is 0 Å². The van der Waals surface area contributed by atoms with Crippen molar-refractivity contribution in [2.75, 3.05) is 19.7 Å². The fourth-order valence-corrected chi connectivity index (χ4v) is 2.48.